The highest BCUT2D eigenvalue weighted by Crippen LogP contribution is 2.45. The highest BCUT2D eigenvalue weighted by atomic mass is 19.4. The molecular weight excluding hydrogens is 407 g/mol. The lowest BCUT2D eigenvalue weighted by Crippen LogP contribution is -2.22. The number of alkyl halides is 3. The largest absolute Gasteiger partial charge is 0.478 e. The van der Waals surface area contributed by atoms with Gasteiger partial charge in [0.1, 0.15) is 0 Å². The molecule has 0 amide bonds. The van der Waals surface area contributed by atoms with Gasteiger partial charge in [0.2, 0.25) is 0 Å². The zero-order valence-electron chi connectivity index (χ0n) is 16.9. The first-order valence-electron chi connectivity index (χ1n) is 9.98. The van der Waals surface area contributed by atoms with E-state index in [4.69, 9.17) is 4.74 Å². The summed E-state index contributed by atoms with van der Waals surface area (Å²) in [7, 11) is 0. The van der Waals surface area contributed by atoms with Crippen LogP contribution in [0.15, 0.2) is 60.8 Å². The van der Waals surface area contributed by atoms with Crippen molar-refractivity contribution in [3.8, 4) is 11.3 Å². The van der Waals surface area contributed by atoms with E-state index in [-0.39, 0.29) is 23.4 Å². The molecule has 1 aromatic heterocycles. The Kier molecular flexibility index (Phi) is 5.39. The smallest absolute Gasteiger partial charge is 0.417 e. The van der Waals surface area contributed by atoms with Gasteiger partial charge in [-0.15, -0.1) is 0 Å². The number of hydrogen-bond acceptors (Lipinski definition) is 2. The van der Waals surface area contributed by atoms with Crippen molar-refractivity contribution in [2.75, 3.05) is 0 Å². The van der Waals surface area contributed by atoms with Crippen molar-refractivity contribution in [1.82, 2.24) is 4.57 Å². The van der Waals surface area contributed by atoms with Gasteiger partial charge < -0.3 is 14.4 Å². The Morgan fingerprint density at radius 2 is 1.74 bits per heavy atom. The van der Waals surface area contributed by atoms with Crippen molar-refractivity contribution < 1.29 is 27.8 Å². The lowest BCUT2D eigenvalue weighted by atomic mass is 10.00. The minimum Gasteiger partial charge on any atom is -0.478 e. The first kappa shape index (κ1) is 21.2. The number of carboxylic acids is 1. The molecule has 4 nitrogen and oxygen atoms in total. The number of rotatable bonds is 7. The molecule has 0 aliphatic heterocycles. The molecule has 1 N–H and O–H groups in total. The summed E-state index contributed by atoms with van der Waals surface area (Å²) in [6.07, 6.45) is -1.60. The maximum atomic E-state index is 13.7. The SMILES string of the molecule is Cc1c(C(=O)O)cn(CC2(OCc3ccccc3)CC2)c1-c1ccccc1C(F)(F)F. The molecule has 1 saturated carbocycles. The van der Waals surface area contributed by atoms with E-state index < -0.39 is 23.3 Å². The van der Waals surface area contributed by atoms with Crippen molar-refractivity contribution in [3.63, 3.8) is 0 Å². The zero-order chi connectivity index (χ0) is 22.2. The van der Waals surface area contributed by atoms with Crippen LogP contribution in [0.3, 0.4) is 0 Å². The van der Waals surface area contributed by atoms with E-state index >= 15 is 0 Å². The first-order valence-corrected chi connectivity index (χ1v) is 9.98. The lowest BCUT2D eigenvalue weighted by Gasteiger charge is -2.21. The van der Waals surface area contributed by atoms with Gasteiger partial charge in [0.05, 0.1) is 35.6 Å². The van der Waals surface area contributed by atoms with Crippen molar-refractivity contribution in [2.24, 2.45) is 0 Å². The van der Waals surface area contributed by atoms with Crippen LogP contribution in [0.1, 0.15) is 39.9 Å². The Labute approximate surface area is 177 Å². The number of carboxylic acid groups (broad SMARTS) is 1. The Hall–Kier alpha value is -3.06. The fraction of sp³-hybridized carbons (Fsp3) is 0.292. The number of carbonyl (C=O) groups is 1. The van der Waals surface area contributed by atoms with Gasteiger partial charge in [-0.2, -0.15) is 13.2 Å². The number of aromatic carboxylic acids is 1. The molecule has 2 aromatic carbocycles. The average Bonchev–Trinajstić information content (AvgIpc) is 3.42. The molecule has 0 saturated heterocycles. The Morgan fingerprint density at radius 3 is 2.35 bits per heavy atom. The van der Waals surface area contributed by atoms with Crippen LogP contribution in [0.2, 0.25) is 0 Å². The highest BCUT2D eigenvalue weighted by Gasteiger charge is 2.45. The number of halogens is 3. The number of ether oxygens (including phenoxy) is 1. The van der Waals surface area contributed by atoms with Crippen LogP contribution in [0, 0.1) is 6.92 Å². The molecule has 0 radical (unpaired) electrons. The summed E-state index contributed by atoms with van der Waals surface area (Å²) in [5.41, 5.74) is 0.238. The summed E-state index contributed by atoms with van der Waals surface area (Å²) in [5, 5.41) is 9.58. The molecule has 0 bridgehead atoms. The molecular formula is C24H22F3NO3. The molecule has 1 aliphatic carbocycles. The maximum Gasteiger partial charge on any atom is 0.417 e. The first-order chi connectivity index (χ1) is 14.7. The summed E-state index contributed by atoms with van der Waals surface area (Å²) in [4.78, 5) is 11.7. The molecule has 4 rings (SSSR count). The predicted molar refractivity (Wildman–Crippen MR) is 110 cm³/mol. The van der Waals surface area contributed by atoms with Gasteiger partial charge in [-0.1, -0.05) is 48.5 Å². The highest BCUT2D eigenvalue weighted by molar-refractivity contribution is 5.92. The molecule has 3 aromatic rings. The maximum absolute atomic E-state index is 13.7. The van der Waals surface area contributed by atoms with Gasteiger partial charge in [-0.25, -0.2) is 4.79 Å². The number of benzene rings is 2. The fourth-order valence-corrected chi connectivity index (χ4v) is 3.90. The fourth-order valence-electron chi connectivity index (χ4n) is 3.90. The van der Waals surface area contributed by atoms with Crippen LogP contribution in [0.25, 0.3) is 11.3 Å². The summed E-state index contributed by atoms with van der Waals surface area (Å²) < 4.78 is 48.8. The molecule has 0 atom stereocenters. The molecule has 1 heterocycles. The lowest BCUT2D eigenvalue weighted by molar-refractivity contribution is -0.137. The van der Waals surface area contributed by atoms with Crippen LogP contribution >= 0.6 is 0 Å². The van der Waals surface area contributed by atoms with Crippen LogP contribution in [0.4, 0.5) is 13.2 Å². The van der Waals surface area contributed by atoms with Gasteiger partial charge >= 0.3 is 12.1 Å². The Bertz CT molecular complexity index is 1100. The number of hydrogen-bond donors (Lipinski definition) is 1. The molecule has 1 aliphatic rings. The number of aromatic nitrogens is 1. The van der Waals surface area contributed by atoms with Crippen molar-refractivity contribution in [2.45, 2.75) is 44.7 Å². The molecule has 162 valence electrons. The average molecular weight is 429 g/mol. The minimum atomic E-state index is -4.55. The van der Waals surface area contributed by atoms with Crippen LogP contribution in [-0.4, -0.2) is 21.2 Å². The second kappa shape index (κ2) is 7.89. The second-order valence-corrected chi connectivity index (χ2v) is 7.95. The summed E-state index contributed by atoms with van der Waals surface area (Å²) in [6, 6.07) is 14.9. The second-order valence-electron chi connectivity index (χ2n) is 7.95. The summed E-state index contributed by atoms with van der Waals surface area (Å²) in [6.45, 7) is 2.23. The third-order valence-electron chi connectivity index (χ3n) is 5.70. The van der Waals surface area contributed by atoms with Gasteiger partial charge in [0, 0.05) is 11.8 Å². The Morgan fingerprint density at radius 1 is 1.10 bits per heavy atom. The standard InChI is InChI=1S/C24H22F3NO3/c1-16-19(22(29)30)13-28(21(16)18-9-5-6-10-20(18)24(25,26)27)15-23(11-12-23)31-14-17-7-3-2-4-8-17/h2-10,13H,11-12,14-15H2,1H3,(H,29,30). The van der Waals surface area contributed by atoms with Crippen LogP contribution in [-0.2, 0) is 24.1 Å². The predicted octanol–water partition coefficient (Wildman–Crippen LogP) is 5.93. The van der Waals surface area contributed by atoms with E-state index in [1.54, 1.807) is 11.5 Å². The quantitative estimate of drug-likeness (QED) is 0.507. The number of nitrogens with zero attached hydrogens (tertiary/aromatic N) is 1. The molecule has 1 fully saturated rings. The van der Waals surface area contributed by atoms with E-state index in [1.165, 1.54) is 24.4 Å². The zero-order valence-corrected chi connectivity index (χ0v) is 16.9. The van der Waals surface area contributed by atoms with Gasteiger partial charge in [-0.3, -0.25) is 0 Å². The van der Waals surface area contributed by atoms with Crippen molar-refractivity contribution in [1.29, 1.82) is 0 Å². The molecule has 0 unspecified atom stereocenters. The van der Waals surface area contributed by atoms with E-state index in [0.29, 0.717) is 12.2 Å². The van der Waals surface area contributed by atoms with E-state index in [0.717, 1.165) is 24.5 Å². The van der Waals surface area contributed by atoms with Gasteiger partial charge in [0.15, 0.2) is 0 Å². The topological polar surface area (TPSA) is 51.5 Å². The summed E-state index contributed by atoms with van der Waals surface area (Å²) in [5.74, 6) is -1.17. The van der Waals surface area contributed by atoms with E-state index in [2.05, 4.69) is 0 Å². The van der Waals surface area contributed by atoms with Crippen LogP contribution < -0.4 is 0 Å². The Balaban J connectivity index is 1.71. The third kappa shape index (κ3) is 4.37. The van der Waals surface area contributed by atoms with E-state index in [1.807, 2.05) is 30.3 Å². The summed E-state index contributed by atoms with van der Waals surface area (Å²) >= 11 is 0. The van der Waals surface area contributed by atoms with E-state index in [9.17, 15) is 23.1 Å². The van der Waals surface area contributed by atoms with Gasteiger partial charge in [-0.05, 0) is 37.0 Å². The van der Waals surface area contributed by atoms with Gasteiger partial charge in [0.25, 0.3) is 0 Å². The van der Waals surface area contributed by atoms with Crippen molar-refractivity contribution >= 4 is 5.97 Å². The third-order valence-corrected chi connectivity index (χ3v) is 5.70. The molecule has 31 heavy (non-hydrogen) atoms. The van der Waals surface area contributed by atoms with Crippen LogP contribution in [0.5, 0.6) is 0 Å². The minimum absolute atomic E-state index is 0.00848. The molecule has 7 heteroatoms. The monoisotopic (exact) mass is 429 g/mol. The van der Waals surface area contributed by atoms with Crippen molar-refractivity contribution in [3.05, 3.63) is 83.0 Å². The molecule has 0 spiro atoms. The normalized spacial score (nSPS) is 15.1.